The van der Waals surface area contributed by atoms with Crippen LogP contribution in [0.5, 0.6) is 6.01 Å². The summed E-state index contributed by atoms with van der Waals surface area (Å²) < 4.78 is 11.5. The highest BCUT2D eigenvalue weighted by Gasteiger charge is 2.24. The summed E-state index contributed by atoms with van der Waals surface area (Å²) in [7, 11) is 0. The van der Waals surface area contributed by atoms with Crippen LogP contribution in [-0.4, -0.2) is 66.3 Å². The van der Waals surface area contributed by atoms with E-state index in [1.807, 2.05) is 6.92 Å². The normalized spacial score (nSPS) is 21.1. The van der Waals surface area contributed by atoms with Gasteiger partial charge in [-0.25, -0.2) is 4.99 Å². The number of allylic oxidation sites excluding steroid dienone is 1. The molecule has 0 aromatic carbocycles. The van der Waals surface area contributed by atoms with Crippen molar-refractivity contribution < 1.29 is 10.9 Å². The number of nitrogens with zero attached hydrogens (tertiary/aromatic N) is 5. The maximum Gasteiger partial charge on any atom is 0.320 e. The van der Waals surface area contributed by atoms with Crippen molar-refractivity contribution >= 4 is 29.5 Å². The van der Waals surface area contributed by atoms with Crippen LogP contribution < -0.4 is 21.1 Å². The monoisotopic (exact) mass is 470 g/mol. The van der Waals surface area contributed by atoms with Crippen LogP contribution in [0.1, 0.15) is 47.9 Å². The van der Waals surface area contributed by atoms with Gasteiger partial charge in [-0.1, -0.05) is 20.3 Å². The van der Waals surface area contributed by atoms with E-state index in [2.05, 4.69) is 36.7 Å². The van der Waals surface area contributed by atoms with Crippen molar-refractivity contribution in [1.82, 2.24) is 9.97 Å². The number of hydrogen-bond donors (Lipinski definition) is 3. The molecule has 10 nitrogen and oxygen atoms in total. The van der Waals surface area contributed by atoms with Gasteiger partial charge in [0.1, 0.15) is 23.5 Å². The molecule has 186 valence electrons. The Hall–Kier alpha value is -3.45. The van der Waals surface area contributed by atoms with E-state index in [-0.39, 0.29) is 26.7 Å². The van der Waals surface area contributed by atoms with E-state index in [0.717, 1.165) is 51.0 Å². The van der Waals surface area contributed by atoms with Crippen LogP contribution in [0.3, 0.4) is 0 Å². The van der Waals surface area contributed by atoms with Crippen LogP contribution in [0, 0.1) is 17.3 Å². The van der Waals surface area contributed by atoms with Crippen molar-refractivity contribution in [2.24, 2.45) is 21.5 Å². The van der Waals surface area contributed by atoms with Gasteiger partial charge in [-0.15, -0.1) is 0 Å². The number of ether oxygens (including phenoxy) is 2. The summed E-state index contributed by atoms with van der Waals surface area (Å²) in [5.41, 5.74) is 11.7. The lowest BCUT2D eigenvalue weighted by atomic mass is 9.93. The van der Waals surface area contributed by atoms with Gasteiger partial charge in [-0.2, -0.15) is 9.97 Å². The lowest BCUT2D eigenvalue weighted by Crippen LogP contribution is -2.37. The van der Waals surface area contributed by atoms with Crippen molar-refractivity contribution in [3.63, 3.8) is 0 Å². The van der Waals surface area contributed by atoms with Crippen molar-refractivity contribution in [2.75, 3.05) is 31.2 Å². The van der Waals surface area contributed by atoms with Gasteiger partial charge in [-0.3, -0.25) is 10.4 Å². The van der Waals surface area contributed by atoms with Crippen LogP contribution in [0.15, 0.2) is 28.2 Å². The fourth-order valence-electron chi connectivity index (χ4n) is 3.64. The van der Waals surface area contributed by atoms with Crippen molar-refractivity contribution in [1.29, 1.82) is 5.41 Å². The standard InChI is InChI=1S/C23H32N8O2.CH4.H2/c1-2-3-4-17(25)5-10-20(26)28-18-6-8-19(9-7-18)33-23-29-21(27-16-24)15-22(30-23)31-11-13-32-14-12-31;;/h5,10,15-16,18-19,25H,2,6-9,11-14H2,1H3,(H2,26,28)(H2,24,27,29,30);1H4;1H/b10-5-,25-17?;;. The Kier molecular flexibility index (Phi) is 11.0. The molecule has 2 aliphatic rings. The zero-order valence-corrected chi connectivity index (χ0v) is 19.0. The van der Waals surface area contributed by atoms with Gasteiger partial charge in [0.15, 0.2) is 5.82 Å². The minimum absolute atomic E-state index is 0. The molecule has 0 spiro atoms. The maximum absolute atomic E-state index is 7.74. The second-order valence-electron chi connectivity index (χ2n) is 7.75. The Morgan fingerprint density at radius 3 is 2.71 bits per heavy atom. The molecule has 1 aliphatic carbocycles. The maximum atomic E-state index is 7.74. The third-order valence-electron chi connectivity index (χ3n) is 5.29. The Morgan fingerprint density at radius 1 is 1.29 bits per heavy atom. The third-order valence-corrected chi connectivity index (χ3v) is 5.29. The van der Waals surface area contributed by atoms with Crippen molar-refractivity contribution in [2.45, 2.75) is 58.6 Å². The average molecular weight is 471 g/mol. The Labute approximate surface area is 203 Å². The van der Waals surface area contributed by atoms with Gasteiger partial charge in [0.2, 0.25) is 0 Å². The molecule has 34 heavy (non-hydrogen) atoms. The number of anilines is 1. The first-order chi connectivity index (χ1) is 16.1. The van der Waals surface area contributed by atoms with Gasteiger partial charge in [-0.05, 0) is 43.8 Å². The number of rotatable bonds is 7. The Bertz CT molecular complexity index is 956. The molecule has 3 rings (SSSR count). The molecule has 1 aromatic heterocycles. The molecule has 2 fully saturated rings. The fraction of sp³-hybridized carbons (Fsp3) is 0.542. The third kappa shape index (κ3) is 8.48. The molecule has 1 aliphatic heterocycles. The van der Waals surface area contributed by atoms with Crippen molar-refractivity contribution in [3.05, 3.63) is 18.2 Å². The van der Waals surface area contributed by atoms with Gasteiger partial charge in [0, 0.05) is 27.0 Å². The summed E-state index contributed by atoms with van der Waals surface area (Å²) in [4.78, 5) is 19.8. The first-order valence-electron chi connectivity index (χ1n) is 11.3. The summed E-state index contributed by atoms with van der Waals surface area (Å²) in [6, 6.07) is 2.24. The molecule has 0 atom stereocenters. The molecule has 0 bridgehead atoms. The SMILES string of the molecule is C.CCC#CC(=N)/C=C\C(N)=NC1CCC(Oc2nc(/N=C\N)cc(N3CCOCC3)n2)CC1.[HH]. The van der Waals surface area contributed by atoms with Crippen LogP contribution in [0.2, 0.25) is 0 Å². The van der Waals surface area contributed by atoms with Crippen LogP contribution in [0.25, 0.3) is 0 Å². The molecule has 5 N–H and O–H groups in total. The quantitative estimate of drug-likeness (QED) is 0.315. The van der Waals surface area contributed by atoms with Crippen LogP contribution >= 0.6 is 0 Å². The number of nitrogens with two attached hydrogens (primary N) is 2. The van der Waals surface area contributed by atoms with Crippen LogP contribution in [0.4, 0.5) is 11.6 Å². The Morgan fingerprint density at radius 2 is 2.03 bits per heavy atom. The molecule has 1 aromatic rings. The first kappa shape index (κ1) is 26.8. The summed E-state index contributed by atoms with van der Waals surface area (Å²) in [5.74, 6) is 7.24. The number of amidine groups is 1. The second kappa shape index (κ2) is 14.0. The van der Waals surface area contributed by atoms with E-state index in [0.29, 0.717) is 30.9 Å². The van der Waals surface area contributed by atoms with Gasteiger partial charge < -0.3 is 25.8 Å². The lowest BCUT2D eigenvalue weighted by Gasteiger charge is -2.29. The number of aromatic nitrogens is 2. The summed E-state index contributed by atoms with van der Waals surface area (Å²) in [6.07, 6.45) is 8.50. The summed E-state index contributed by atoms with van der Waals surface area (Å²) in [5, 5.41) is 7.74. The number of nitrogens with one attached hydrogen (secondary N) is 1. The first-order valence-corrected chi connectivity index (χ1v) is 11.3. The highest BCUT2D eigenvalue weighted by atomic mass is 16.5. The van der Waals surface area contributed by atoms with E-state index in [1.165, 1.54) is 6.34 Å². The molecule has 1 saturated heterocycles. The highest BCUT2D eigenvalue weighted by Crippen LogP contribution is 2.27. The van der Waals surface area contributed by atoms with E-state index >= 15 is 0 Å². The molecule has 0 amide bonds. The molecular weight excluding hydrogens is 432 g/mol. The van der Waals surface area contributed by atoms with Gasteiger partial charge in [0.05, 0.1) is 25.6 Å². The Balaban J connectivity index is 0.00000306. The minimum atomic E-state index is 0. The number of morpholine rings is 1. The average Bonchev–Trinajstić information content (AvgIpc) is 2.83. The zero-order valence-electron chi connectivity index (χ0n) is 19.0. The second-order valence-corrected chi connectivity index (χ2v) is 7.75. The lowest BCUT2D eigenvalue weighted by molar-refractivity contribution is 0.121. The summed E-state index contributed by atoms with van der Waals surface area (Å²) in [6.45, 7) is 4.77. The molecule has 1 saturated carbocycles. The highest BCUT2D eigenvalue weighted by molar-refractivity contribution is 6.09. The largest absolute Gasteiger partial charge is 0.460 e. The van der Waals surface area contributed by atoms with E-state index in [1.54, 1.807) is 18.2 Å². The fourth-order valence-corrected chi connectivity index (χ4v) is 3.64. The van der Waals surface area contributed by atoms with E-state index < -0.39 is 0 Å². The molecule has 10 heteroatoms. The van der Waals surface area contributed by atoms with Gasteiger partial charge >= 0.3 is 6.01 Å². The van der Waals surface area contributed by atoms with E-state index in [4.69, 9.17) is 26.4 Å². The topological polar surface area (TPSA) is 148 Å². The molecule has 2 heterocycles. The molecular formula is C24H38N8O2. The summed E-state index contributed by atoms with van der Waals surface area (Å²) >= 11 is 0. The molecule has 0 unspecified atom stereocenters. The minimum Gasteiger partial charge on any atom is -0.460 e. The van der Waals surface area contributed by atoms with Gasteiger partial charge in [0.25, 0.3) is 0 Å². The number of hydrogen-bond acceptors (Lipinski definition) is 8. The van der Waals surface area contributed by atoms with Crippen molar-refractivity contribution in [3.8, 4) is 17.9 Å². The number of aliphatic imine (C=N–C) groups is 2. The predicted molar refractivity (Wildman–Crippen MR) is 139 cm³/mol. The smallest absolute Gasteiger partial charge is 0.320 e. The predicted octanol–water partition coefficient (Wildman–Crippen LogP) is 2.85. The van der Waals surface area contributed by atoms with Crippen LogP contribution in [-0.2, 0) is 4.74 Å². The van der Waals surface area contributed by atoms with E-state index in [9.17, 15) is 0 Å². The molecule has 0 radical (unpaired) electrons. The zero-order chi connectivity index (χ0) is 23.5.